The molecule has 5 heteroatoms. The maximum absolute atomic E-state index is 11.0. The monoisotopic (exact) mass is 218 g/mol. The van der Waals surface area contributed by atoms with Crippen LogP contribution in [0.1, 0.15) is 13.3 Å². The lowest BCUT2D eigenvalue weighted by molar-refractivity contribution is -0.125. The zero-order valence-corrected chi connectivity index (χ0v) is 9.82. The predicted molar refractivity (Wildman–Crippen MR) is 58.7 cm³/mol. The average Bonchev–Trinajstić information content (AvgIpc) is 2.15. The Morgan fingerprint density at radius 2 is 2.27 bits per heavy atom. The zero-order valence-electron chi connectivity index (χ0n) is 9.82. The number of carbonyl (C=O) groups is 1. The largest absolute Gasteiger partial charge is 0.390 e. The number of ether oxygens (including phenoxy) is 1. The molecule has 0 saturated heterocycles. The maximum atomic E-state index is 11.0. The Bertz CT molecular complexity index is 176. The lowest BCUT2D eigenvalue weighted by Gasteiger charge is -2.19. The Hall–Kier alpha value is -0.650. The number of rotatable bonds is 8. The lowest BCUT2D eigenvalue weighted by Crippen LogP contribution is -2.40. The number of hydrogen-bond acceptors (Lipinski definition) is 4. The van der Waals surface area contributed by atoms with Crippen molar-refractivity contribution in [2.75, 3.05) is 40.4 Å². The number of aliphatic hydroxyl groups excluding tert-OH is 1. The van der Waals surface area contributed by atoms with E-state index in [1.807, 2.05) is 11.9 Å². The molecule has 0 aromatic heterocycles. The average molecular weight is 218 g/mol. The van der Waals surface area contributed by atoms with Gasteiger partial charge in [-0.15, -0.1) is 0 Å². The van der Waals surface area contributed by atoms with Crippen molar-refractivity contribution in [2.24, 2.45) is 0 Å². The minimum atomic E-state index is -0.526. The number of aliphatic hydroxyl groups is 1. The number of hydrogen-bond donors (Lipinski definition) is 2. The first-order chi connectivity index (χ1) is 7.10. The number of likely N-dealkylation sites (N-methyl/N-ethyl adjacent to an activating group) is 1. The van der Waals surface area contributed by atoms with Crippen molar-refractivity contribution < 1.29 is 14.6 Å². The molecule has 0 aromatic rings. The number of nitrogens with zero attached hydrogens (tertiary/aromatic N) is 1. The van der Waals surface area contributed by atoms with Gasteiger partial charge in [-0.25, -0.2) is 0 Å². The van der Waals surface area contributed by atoms with Crippen LogP contribution in [0.4, 0.5) is 0 Å². The summed E-state index contributed by atoms with van der Waals surface area (Å²) in [7, 11) is 3.41. The molecule has 0 bridgehead atoms. The molecule has 0 rings (SSSR count). The van der Waals surface area contributed by atoms with E-state index in [0.29, 0.717) is 6.54 Å². The summed E-state index contributed by atoms with van der Waals surface area (Å²) < 4.78 is 4.65. The Morgan fingerprint density at radius 1 is 1.60 bits per heavy atom. The van der Waals surface area contributed by atoms with E-state index in [-0.39, 0.29) is 19.1 Å². The molecule has 0 aliphatic heterocycles. The lowest BCUT2D eigenvalue weighted by atomic mass is 10.3. The van der Waals surface area contributed by atoms with E-state index in [1.165, 1.54) is 7.11 Å². The SMILES string of the molecule is CCCN(C)C[C@H](O)CNC(=O)COC. The molecule has 5 nitrogen and oxygen atoms in total. The van der Waals surface area contributed by atoms with Crippen molar-refractivity contribution in [2.45, 2.75) is 19.4 Å². The van der Waals surface area contributed by atoms with Crippen LogP contribution < -0.4 is 5.32 Å². The standard InChI is InChI=1S/C10H22N2O3/c1-4-5-12(2)7-9(13)6-11-10(14)8-15-3/h9,13H,4-8H2,1-3H3,(H,11,14)/t9-/m1/s1. The van der Waals surface area contributed by atoms with Gasteiger partial charge in [0, 0.05) is 20.2 Å². The molecule has 0 aromatic carbocycles. The van der Waals surface area contributed by atoms with E-state index >= 15 is 0 Å². The third-order valence-electron chi connectivity index (χ3n) is 1.94. The van der Waals surface area contributed by atoms with Gasteiger partial charge in [-0.1, -0.05) is 6.92 Å². The third kappa shape index (κ3) is 8.35. The molecular weight excluding hydrogens is 196 g/mol. The Balaban J connectivity index is 3.55. The van der Waals surface area contributed by atoms with E-state index < -0.39 is 6.10 Å². The van der Waals surface area contributed by atoms with E-state index in [1.54, 1.807) is 0 Å². The van der Waals surface area contributed by atoms with E-state index in [4.69, 9.17) is 0 Å². The van der Waals surface area contributed by atoms with Crippen LogP contribution in [0, 0.1) is 0 Å². The van der Waals surface area contributed by atoms with Gasteiger partial charge in [0.15, 0.2) is 0 Å². The van der Waals surface area contributed by atoms with Crippen molar-refractivity contribution in [1.82, 2.24) is 10.2 Å². The first kappa shape index (κ1) is 14.3. The summed E-state index contributed by atoms with van der Waals surface area (Å²) in [5, 5.41) is 12.2. The van der Waals surface area contributed by atoms with Gasteiger partial charge < -0.3 is 20.1 Å². The third-order valence-corrected chi connectivity index (χ3v) is 1.94. The smallest absolute Gasteiger partial charge is 0.246 e. The second kappa shape index (κ2) is 8.64. The Labute approximate surface area is 91.4 Å². The molecule has 0 fully saturated rings. The number of carbonyl (C=O) groups excluding carboxylic acids is 1. The summed E-state index contributed by atoms with van der Waals surface area (Å²) in [5.74, 6) is -0.199. The van der Waals surface area contributed by atoms with Crippen LogP contribution in [-0.4, -0.2) is 62.4 Å². The summed E-state index contributed by atoms with van der Waals surface area (Å²) in [6.07, 6.45) is 0.529. The van der Waals surface area contributed by atoms with Gasteiger partial charge in [-0.05, 0) is 20.0 Å². The second-order valence-corrected chi connectivity index (χ2v) is 3.65. The molecule has 0 spiro atoms. The minimum absolute atomic E-state index is 0.0392. The van der Waals surface area contributed by atoms with Gasteiger partial charge in [0.05, 0.1) is 6.10 Å². The molecule has 90 valence electrons. The highest BCUT2D eigenvalue weighted by molar-refractivity contribution is 5.77. The van der Waals surface area contributed by atoms with Gasteiger partial charge in [-0.2, -0.15) is 0 Å². The van der Waals surface area contributed by atoms with Crippen molar-refractivity contribution in [1.29, 1.82) is 0 Å². The summed E-state index contributed by atoms with van der Waals surface area (Å²) in [5.41, 5.74) is 0. The molecule has 0 saturated carbocycles. The zero-order chi connectivity index (χ0) is 11.7. The van der Waals surface area contributed by atoms with Crippen LogP contribution in [-0.2, 0) is 9.53 Å². The van der Waals surface area contributed by atoms with Crippen LogP contribution in [0.15, 0.2) is 0 Å². The first-order valence-corrected chi connectivity index (χ1v) is 5.22. The summed E-state index contributed by atoms with van der Waals surface area (Å²) in [6.45, 7) is 3.92. The van der Waals surface area contributed by atoms with Crippen LogP contribution in [0.2, 0.25) is 0 Å². The van der Waals surface area contributed by atoms with Crippen molar-refractivity contribution in [3.05, 3.63) is 0 Å². The van der Waals surface area contributed by atoms with Gasteiger partial charge in [0.2, 0.25) is 5.91 Å². The molecule has 0 heterocycles. The van der Waals surface area contributed by atoms with Crippen LogP contribution in [0.3, 0.4) is 0 Å². The van der Waals surface area contributed by atoms with Gasteiger partial charge in [0.1, 0.15) is 6.61 Å². The topological polar surface area (TPSA) is 61.8 Å². The molecule has 1 amide bonds. The van der Waals surface area contributed by atoms with Crippen molar-refractivity contribution in [3.63, 3.8) is 0 Å². The van der Waals surface area contributed by atoms with Crippen molar-refractivity contribution >= 4 is 5.91 Å². The fourth-order valence-electron chi connectivity index (χ4n) is 1.31. The quantitative estimate of drug-likeness (QED) is 0.574. The van der Waals surface area contributed by atoms with E-state index in [9.17, 15) is 9.90 Å². The molecule has 1 atom stereocenters. The van der Waals surface area contributed by atoms with Crippen LogP contribution in [0.5, 0.6) is 0 Å². The first-order valence-electron chi connectivity index (χ1n) is 5.22. The van der Waals surface area contributed by atoms with Crippen LogP contribution >= 0.6 is 0 Å². The van der Waals surface area contributed by atoms with Crippen LogP contribution in [0.25, 0.3) is 0 Å². The molecule has 0 radical (unpaired) electrons. The molecule has 0 aliphatic carbocycles. The van der Waals surface area contributed by atoms with E-state index in [2.05, 4.69) is 17.0 Å². The molecule has 2 N–H and O–H groups in total. The highest BCUT2D eigenvalue weighted by Gasteiger charge is 2.08. The van der Waals surface area contributed by atoms with Gasteiger partial charge in [-0.3, -0.25) is 4.79 Å². The maximum Gasteiger partial charge on any atom is 0.246 e. The Kier molecular flexibility index (Phi) is 8.27. The van der Waals surface area contributed by atoms with Crippen molar-refractivity contribution in [3.8, 4) is 0 Å². The second-order valence-electron chi connectivity index (χ2n) is 3.65. The highest BCUT2D eigenvalue weighted by Crippen LogP contribution is 1.90. The minimum Gasteiger partial charge on any atom is -0.390 e. The van der Waals surface area contributed by atoms with E-state index in [0.717, 1.165) is 13.0 Å². The fraction of sp³-hybridized carbons (Fsp3) is 0.900. The van der Waals surface area contributed by atoms with Gasteiger partial charge >= 0.3 is 0 Å². The molecule has 15 heavy (non-hydrogen) atoms. The highest BCUT2D eigenvalue weighted by atomic mass is 16.5. The molecule has 0 unspecified atom stereocenters. The predicted octanol–water partition coefficient (Wildman–Crippen LogP) is -0.548. The van der Waals surface area contributed by atoms with Gasteiger partial charge in [0.25, 0.3) is 0 Å². The summed E-state index contributed by atoms with van der Waals surface area (Å²) in [4.78, 5) is 13.0. The summed E-state index contributed by atoms with van der Waals surface area (Å²) in [6, 6.07) is 0. The number of nitrogens with one attached hydrogen (secondary N) is 1. The normalized spacial score (nSPS) is 12.9. The number of methoxy groups -OCH3 is 1. The Morgan fingerprint density at radius 3 is 2.80 bits per heavy atom. The molecular formula is C10H22N2O3. The summed E-state index contributed by atoms with van der Waals surface area (Å²) >= 11 is 0. The number of amides is 1. The fourth-order valence-corrected chi connectivity index (χ4v) is 1.31. The molecule has 0 aliphatic rings.